The van der Waals surface area contributed by atoms with E-state index in [0.717, 1.165) is 5.56 Å². The molecule has 2 atom stereocenters. The van der Waals surface area contributed by atoms with Crippen LogP contribution < -0.4 is 0 Å². The molecule has 1 aromatic rings. The SMILES string of the molecule is Cc1ccc(C(=O)C(C)Cl)c(C(O)C(=O)O)c1. The lowest BCUT2D eigenvalue weighted by molar-refractivity contribution is -0.146. The molecule has 0 saturated heterocycles. The number of hydrogen-bond donors (Lipinski definition) is 2. The second-order valence-electron chi connectivity index (χ2n) is 3.81. The monoisotopic (exact) mass is 256 g/mol. The number of halogens is 1. The molecular weight excluding hydrogens is 244 g/mol. The highest BCUT2D eigenvalue weighted by Gasteiger charge is 2.24. The van der Waals surface area contributed by atoms with Crippen LogP contribution in [-0.2, 0) is 4.79 Å². The van der Waals surface area contributed by atoms with Gasteiger partial charge in [-0.2, -0.15) is 0 Å². The van der Waals surface area contributed by atoms with Crippen molar-refractivity contribution < 1.29 is 19.8 Å². The number of hydrogen-bond acceptors (Lipinski definition) is 3. The van der Waals surface area contributed by atoms with Gasteiger partial charge in [0.15, 0.2) is 11.9 Å². The Morgan fingerprint density at radius 1 is 1.35 bits per heavy atom. The average molecular weight is 257 g/mol. The molecule has 0 amide bonds. The summed E-state index contributed by atoms with van der Waals surface area (Å²) >= 11 is 5.68. The van der Waals surface area contributed by atoms with Crippen LogP contribution in [0, 0.1) is 6.92 Å². The minimum atomic E-state index is -1.72. The van der Waals surface area contributed by atoms with Gasteiger partial charge in [-0.15, -0.1) is 11.6 Å². The molecule has 0 heterocycles. The van der Waals surface area contributed by atoms with Crippen molar-refractivity contribution in [3.05, 3.63) is 34.9 Å². The van der Waals surface area contributed by atoms with Gasteiger partial charge in [-0.25, -0.2) is 4.79 Å². The summed E-state index contributed by atoms with van der Waals surface area (Å²) in [5.41, 5.74) is 0.988. The highest BCUT2D eigenvalue weighted by Crippen LogP contribution is 2.22. The number of aliphatic hydroxyl groups excluding tert-OH is 1. The van der Waals surface area contributed by atoms with Crippen molar-refractivity contribution in [2.75, 3.05) is 0 Å². The standard InChI is InChI=1S/C12H13ClO4/c1-6-3-4-8(10(14)7(2)13)9(5-6)11(15)12(16)17/h3-5,7,11,15H,1-2H3,(H,16,17). The van der Waals surface area contributed by atoms with E-state index in [-0.39, 0.29) is 11.1 Å². The van der Waals surface area contributed by atoms with Gasteiger partial charge in [0.05, 0.1) is 5.38 Å². The fourth-order valence-corrected chi connectivity index (χ4v) is 1.60. The normalized spacial score (nSPS) is 14.1. The summed E-state index contributed by atoms with van der Waals surface area (Å²) < 4.78 is 0. The number of aliphatic hydroxyl groups is 1. The molecule has 0 spiro atoms. The van der Waals surface area contributed by atoms with Crippen LogP contribution in [0.1, 0.15) is 34.5 Å². The Kier molecular flexibility index (Phi) is 4.26. The summed E-state index contributed by atoms with van der Waals surface area (Å²) in [6.07, 6.45) is -1.72. The highest BCUT2D eigenvalue weighted by atomic mass is 35.5. The summed E-state index contributed by atoms with van der Waals surface area (Å²) in [5, 5.41) is 17.5. The molecule has 0 bridgehead atoms. The fourth-order valence-electron chi connectivity index (χ4n) is 1.48. The van der Waals surface area contributed by atoms with E-state index in [4.69, 9.17) is 16.7 Å². The number of carboxylic acids is 1. The Labute approximate surface area is 104 Å². The van der Waals surface area contributed by atoms with E-state index in [9.17, 15) is 14.7 Å². The molecule has 0 radical (unpaired) electrons. The zero-order valence-electron chi connectivity index (χ0n) is 9.48. The number of carbonyl (C=O) groups excluding carboxylic acids is 1. The van der Waals surface area contributed by atoms with Crippen LogP contribution in [0.25, 0.3) is 0 Å². The molecule has 0 aliphatic rings. The largest absolute Gasteiger partial charge is 0.479 e. The van der Waals surface area contributed by atoms with Crippen LogP contribution in [0.3, 0.4) is 0 Å². The summed E-state index contributed by atoms with van der Waals surface area (Å²) in [6, 6.07) is 4.63. The molecule has 1 aromatic carbocycles. The maximum atomic E-state index is 11.8. The van der Waals surface area contributed by atoms with E-state index < -0.39 is 23.2 Å². The first-order chi connectivity index (χ1) is 7.84. The van der Waals surface area contributed by atoms with E-state index in [1.807, 2.05) is 0 Å². The first-order valence-corrected chi connectivity index (χ1v) is 5.48. The average Bonchev–Trinajstić information content (AvgIpc) is 2.26. The van der Waals surface area contributed by atoms with Crippen LogP contribution in [-0.4, -0.2) is 27.3 Å². The molecule has 0 aromatic heterocycles. The number of benzene rings is 1. The van der Waals surface area contributed by atoms with E-state index in [0.29, 0.717) is 0 Å². The summed E-state index contributed by atoms with van der Waals surface area (Å²) in [6.45, 7) is 3.25. The maximum Gasteiger partial charge on any atom is 0.337 e. The van der Waals surface area contributed by atoms with Crippen molar-refractivity contribution in [1.29, 1.82) is 0 Å². The molecule has 0 aliphatic heterocycles. The molecule has 0 fully saturated rings. The number of ketones is 1. The van der Waals surface area contributed by atoms with Crippen LogP contribution >= 0.6 is 11.6 Å². The van der Waals surface area contributed by atoms with E-state index >= 15 is 0 Å². The van der Waals surface area contributed by atoms with Gasteiger partial charge in [-0.1, -0.05) is 23.8 Å². The van der Waals surface area contributed by atoms with Crippen LogP contribution in [0.2, 0.25) is 0 Å². The predicted octanol–water partition coefficient (Wildman–Crippen LogP) is 1.92. The van der Waals surface area contributed by atoms with Gasteiger partial charge in [-0.05, 0) is 13.8 Å². The smallest absolute Gasteiger partial charge is 0.337 e. The zero-order valence-corrected chi connectivity index (χ0v) is 10.2. The van der Waals surface area contributed by atoms with Gasteiger partial charge in [-0.3, -0.25) is 4.79 Å². The first kappa shape index (κ1) is 13.7. The van der Waals surface area contributed by atoms with Crippen molar-refractivity contribution in [1.82, 2.24) is 0 Å². The number of carbonyl (C=O) groups is 2. The highest BCUT2D eigenvalue weighted by molar-refractivity contribution is 6.33. The zero-order chi connectivity index (χ0) is 13.2. The lowest BCUT2D eigenvalue weighted by Crippen LogP contribution is -2.18. The van der Waals surface area contributed by atoms with Crippen molar-refractivity contribution in [3.63, 3.8) is 0 Å². The molecular formula is C12H13ClO4. The van der Waals surface area contributed by atoms with Gasteiger partial charge < -0.3 is 10.2 Å². The molecule has 5 heteroatoms. The third-order valence-electron chi connectivity index (χ3n) is 2.36. The predicted molar refractivity (Wildman–Crippen MR) is 63.4 cm³/mol. The van der Waals surface area contributed by atoms with Crippen molar-refractivity contribution in [2.24, 2.45) is 0 Å². The van der Waals surface area contributed by atoms with Crippen molar-refractivity contribution in [2.45, 2.75) is 25.3 Å². The van der Waals surface area contributed by atoms with E-state index in [1.54, 1.807) is 13.0 Å². The second kappa shape index (κ2) is 5.29. The number of Topliss-reactive ketones (excluding diaryl/α,β-unsaturated/α-hetero) is 1. The van der Waals surface area contributed by atoms with Gasteiger partial charge in [0, 0.05) is 11.1 Å². The molecule has 92 valence electrons. The molecule has 4 nitrogen and oxygen atoms in total. The number of aliphatic carboxylic acids is 1. The number of alkyl halides is 1. The summed E-state index contributed by atoms with van der Waals surface area (Å²) in [5.74, 6) is -1.80. The molecule has 2 N–H and O–H groups in total. The maximum absolute atomic E-state index is 11.8. The van der Waals surface area contributed by atoms with Crippen LogP contribution in [0.4, 0.5) is 0 Å². The fraction of sp³-hybridized carbons (Fsp3) is 0.333. The quantitative estimate of drug-likeness (QED) is 0.638. The van der Waals surface area contributed by atoms with E-state index in [1.165, 1.54) is 19.1 Å². The Morgan fingerprint density at radius 2 is 1.94 bits per heavy atom. The second-order valence-corrected chi connectivity index (χ2v) is 4.47. The number of carboxylic acid groups (broad SMARTS) is 1. The molecule has 2 unspecified atom stereocenters. The first-order valence-electron chi connectivity index (χ1n) is 5.04. The number of aryl methyl sites for hydroxylation is 1. The van der Waals surface area contributed by atoms with Crippen LogP contribution in [0.15, 0.2) is 18.2 Å². The summed E-state index contributed by atoms with van der Waals surface area (Å²) in [4.78, 5) is 22.5. The van der Waals surface area contributed by atoms with Gasteiger partial charge >= 0.3 is 5.97 Å². The number of rotatable bonds is 4. The third kappa shape index (κ3) is 3.05. The molecule has 17 heavy (non-hydrogen) atoms. The van der Waals surface area contributed by atoms with E-state index in [2.05, 4.69) is 0 Å². The van der Waals surface area contributed by atoms with Crippen molar-refractivity contribution in [3.8, 4) is 0 Å². The molecule has 0 aliphatic carbocycles. The Hall–Kier alpha value is -1.39. The Balaban J connectivity index is 3.31. The van der Waals surface area contributed by atoms with Gasteiger partial charge in [0.25, 0.3) is 0 Å². The van der Waals surface area contributed by atoms with Gasteiger partial charge in [0.1, 0.15) is 0 Å². The lowest BCUT2D eigenvalue weighted by atomic mass is 9.96. The Morgan fingerprint density at radius 3 is 2.41 bits per heavy atom. The van der Waals surface area contributed by atoms with Crippen LogP contribution in [0.5, 0.6) is 0 Å². The summed E-state index contributed by atoms with van der Waals surface area (Å²) in [7, 11) is 0. The van der Waals surface area contributed by atoms with Gasteiger partial charge in [0.2, 0.25) is 0 Å². The minimum absolute atomic E-state index is 0.0787. The third-order valence-corrected chi connectivity index (χ3v) is 2.56. The lowest BCUT2D eigenvalue weighted by Gasteiger charge is -2.13. The molecule has 1 rings (SSSR count). The topological polar surface area (TPSA) is 74.6 Å². The molecule has 0 saturated carbocycles. The van der Waals surface area contributed by atoms with Crippen molar-refractivity contribution >= 4 is 23.4 Å². The Bertz CT molecular complexity index is 454. The minimum Gasteiger partial charge on any atom is -0.479 e.